The van der Waals surface area contributed by atoms with Crippen molar-refractivity contribution in [1.82, 2.24) is 4.90 Å². The van der Waals surface area contributed by atoms with E-state index in [0.29, 0.717) is 31.9 Å². The smallest absolute Gasteiger partial charge is 0.303 e. The Hall–Kier alpha value is -2.04. The molecule has 0 radical (unpaired) electrons. The van der Waals surface area contributed by atoms with E-state index in [1.807, 2.05) is 29.2 Å². The number of ether oxygens (including phenoxy) is 1. The first-order valence-electron chi connectivity index (χ1n) is 8.37. The van der Waals surface area contributed by atoms with Crippen LogP contribution < -0.4 is 4.74 Å². The summed E-state index contributed by atoms with van der Waals surface area (Å²) in [5.74, 6) is 0.404. The normalized spacial score (nSPS) is 23.7. The minimum Gasteiger partial charge on any atom is -0.493 e. The number of rotatable bonds is 4. The molecule has 1 aromatic rings. The van der Waals surface area contributed by atoms with Crippen LogP contribution in [0.5, 0.6) is 5.75 Å². The zero-order valence-electron chi connectivity index (χ0n) is 13.2. The number of hydrogen-bond acceptors (Lipinski definition) is 3. The molecule has 0 spiro atoms. The lowest BCUT2D eigenvalue weighted by Crippen LogP contribution is -2.43. The Balaban J connectivity index is 1.67. The quantitative estimate of drug-likeness (QED) is 0.927. The van der Waals surface area contributed by atoms with Gasteiger partial charge in [0.25, 0.3) is 0 Å². The Morgan fingerprint density at radius 3 is 2.91 bits per heavy atom. The predicted octanol–water partition coefficient (Wildman–Crippen LogP) is 2.66. The summed E-state index contributed by atoms with van der Waals surface area (Å²) >= 11 is 0. The zero-order chi connectivity index (χ0) is 16.2. The van der Waals surface area contributed by atoms with E-state index in [0.717, 1.165) is 30.7 Å². The van der Waals surface area contributed by atoms with E-state index >= 15 is 0 Å². The molecule has 0 saturated carbocycles. The number of likely N-dealkylation sites (tertiary alicyclic amines) is 1. The molecule has 5 nitrogen and oxygen atoms in total. The second-order valence-electron chi connectivity index (χ2n) is 6.45. The highest BCUT2D eigenvalue weighted by molar-refractivity contribution is 5.85. The summed E-state index contributed by atoms with van der Waals surface area (Å²) in [6.07, 6.45) is 3.53. The third-order valence-electron chi connectivity index (χ3n) is 4.85. The summed E-state index contributed by atoms with van der Waals surface area (Å²) in [4.78, 5) is 25.6. The van der Waals surface area contributed by atoms with Crippen LogP contribution in [0.1, 0.15) is 43.6 Å². The van der Waals surface area contributed by atoms with Gasteiger partial charge in [0.2, 0.25) is 5.91 Å². The van der Waals surface area contributed by atoms with Crippen LogP contribution in [0.25, 0.3) is 0 Å². The van der Waals surface area contributed by atoms with Crippen LogP contribution >= 0.6 is 0 Å². The molecule has 23 heavy (non-hydrogen) atoms. The van der Waals surface area contributed by atoms with Gasteiger partial charge in [-0.3, -0.25) is 9.59 Å². The lowest BCUT2D eigenvalue weighted by Gasteiger charge is -2.36. The molecule has 0 aliphatic carbocycles. The maximum Gasteiger partial charge on any atom is 0.303 e. The van der Waals surface area contributed by atoms with Gasteiger partial charge in [0.15, 0.2) is 0 Å². The van der Waals surface area contributed by atoms with Gasteiger partial charge >= 0.3 is 5.97 Å². The molecule has 3 rings (SSSR count). The van der Waals surface area contributed by atoms with Crippen molar-refractivity contribution in [2.75, 3.05) is 19.7 Å². The lowest BCUT2D eigenvalue weighted by molar-refractivity contribution is -0.137. The third kappa shape index (κ3) is 3.66. The van der Waals surface area contributed by atoms with E-state index < -0.39 is 5.97 Å². The number of nitrogens with zero attached hydrogens (tertiary/aromatic N) is 1. The van der Waals surface area contributed by atoms with E-state index in [1.54, 1.807) is 0 Å². The van der Waals surface area contributed by atoms with Gasteiger partial charge < -0.3 is 14.7 Å². The second-order valence-corrected chi connectivity index (χ2v) is 6.45. The SMILES string of the molecule is O=C(O)CCC1CCCN(C(=O)C2CCOc3ccccc32)C1. The minimum atomic E-state index is -0.758. The van der Waals surface area contributed by atoms with Crippen LogP contribution in [0.15, 0.2) is 24.3 Å². The van der Waals surface area contributed by atoms with E-state index in [4.69, 9.17) is 9.84 Å². The first-order valence-corrected chi connectivity index (χ1v) is 8.37. The number of piperidine rings is 1. The standard InChI is InChI=1S/C18H23NO4/c20-17(21)8-7-13-4-3-10-19(12-13)18(22)15-9-11-23-16-6-2-1-5-14(15)16/h1-2,5-6,13,15H,3-4,7-12H2,(H,20,21). The van der Waals surface area contributed by atoms with Gasteiger partial charge in [0.1, 0.15) is 5.75 Å². The number of benzene rings is 1. The average molecular weight is 317 g/mol. The molecule has 1 N–H and O–H groups in total. The van der Waals surface area contributed by atoms with Gasteiger partial charge in [-0.25, -0.2) is 0 Å². The van der Waals surface area contributed by atoms with Gasteiger partial charge in [-0.15, -0.1) is 0 Å². The molecule has 1 fully saturated rings. The number of para-hydroxylation sites is 1. The average Bonchev–Trinajstić information content (AvgIpc) is 2.59. The van der Waals surface area contributed by atoms with E-state index in [2.05, 4.69) is 0 Å². The van der Waals surface area contributed by atoms with Crippen molar-refractivity contribution in [2.24, 2.45) is 5.92 Å². The molecule has 1 saturated heterocycles. The fraction of sp³-hybridized carbons (Fsp3) is 0.556. The number of carbonyl (C=O) groups excluding carboxylic acids is 1. The summed E-state index contributed by atoms with van der Waals surface area (Å²) in [5, 5.41) is 8.84. The predicted molar refractivity (Wildman–Crippen MR) is 85.5 cm³/mol. The largest absolute Gasteiger partial charge is 0.493 e. The van der Waals surface area contributed by atoms with Crippen molar-refractivity contribution in [3.05, 3.63) is 29.8 Å². The molecule has 2 unspecified atom stereocenters. The molecule has 2 heterocycles. The lowest BCUT2D eigenvalue weighted by atomic mass is 9.89. The molecular weight excluding hydrogens is 294 g/mol. The first kappa shape index (κ1) is 15.8. The summed E-state index contributed by atoms with van der Waals surface area (Å²) < 4.78 is 5.64. The second kappa shape index (κ2) is 7.02. The molecule has 5 heteroatoms. The van der Waals surface area contributed by atoms with Crippen LogP contribution in [0.2, 0.25) is 0 Å². The number of carbonyl (C=O) groups is 2. The van der Waals surface area contributed by atoms with Gasteiger partial charge in [-0.2, -0.15) is 0 Å². The van der Waals surface area contributed by atoms with E-state index in [-0.39, 0.29) is 18.2 Å². The Kier molecular flexibility index (Phi) is 4.84. The Morgan fingerprint density at radius 1 is 1.26 bits per heavy atom. The van der Waals surface area contributed by atoms with Crippen molar-refractivity contribution in [2.45, 2.75) is 38.0 Å². The van der Waals surface area contributed by atoms with Gasteiger partial charge in [0.05, 0.1) is 12.5 Å². The summed E-state index contributed by atoms with van der Waals surface area (Å²) in [7, 11) is 0. The fourth-order valence-electron chi connectivity index (χ4n) is 3.65. The molecular formula is C18H23NO4. The summed E-state index contributed by atoms with van der Waals surface area (Å²) in [6, 6.07) is 7.76. The number of amides is 1. The summed E-state index contributed by atoms with van der Waals surface area (Å²) in [5.41, 5.74) is 0.983. The number of aliphatic carboxylic acids is 1. The van der Waals surface area contributed by atoms with Crippen molar-refractivity contribution in [1.29, 1.82) is 0 Å². The zero-order valence-corrected chi connectivity index (χ0v) is 13.2. The van der Waals surface area contributed by atoms with Gasteiger partial charge in [-0.1, -0.05) is 18.2 Å². The maximum atomic E-state index is 13.0. The molecule has 2 atom stereocenters. The first-order chi connectivity index (χ1) is 11.1. The van der Waals surface area contributed by atoms with Gasteiger partial charge in [0, 0.05) is 25.1 Å². The van der Waals surface area contributed by atoms with Crippen molar-refractivity contribution in [3.63, 3.8) is 0 Å². The third-order valence-corrected chi connectivity index (χ3v) is 4.85. The van der Waals surface area contributed by atoms with E-state index in [1.165, 1.54) is 0 Å². The fourth-order valence-corrected chi connectivity index (χ4v) is 3.65. The molecule has 1 amide bonds. The molecule has 2 aliphatic rings. The van der Waals surface area contributed by atoms with Crippen molar-refractivity contribution < 1.29 is 19.4 Å². The molecule has 0 bridgehead atoms. The summed E-state index contributed by atoms with van der Waals surface area (Å²) in [6.45, 7) is 2.04. The van der Waals surface area contributed by atoms with Crippen molar-refractivity contribution >= 4 is 11.9 Å². The number of carboxylic acid groups (broad SMARTS) is 1. The van der Waals surface area contributed by atoms with Crippen molar-refractivity contribution in [3.8, 4) is 5.75 Å². The van der Waals surface area contributed by atoms with Gasteiger partial charge in [-0.05, 0) is 37.7 Å². The van der Waals surface area contributed by atoms with Crippen LogP contribution in [-0.2, 0) is 9.59 Å². The number of hydrogen-bond donors (Lipinski definition) is 1. The maximum absolute atomic E-state index is 13.0. The van der Waals surface area contributed by atoms with E-state index in [9.17, 15) is 9.59 Å². The van der Waals surface area contributed by atoms with Crippen LogP contribution in [0, 0.1) is 5.92 Å². The monoisotopic (exact) mass is 317 g/mol. The Labute approximate surface area is 136 Å². The topological polar surface area (TPSA) is 66.8 Å². The highest BCUT2D eigenvalue weighted by Gasteiger charge is 2.33. The Bertz CT molecular complexity index is 586. The molecule has 124 valence electrons. The number of carboxylic acids is 1. The van der Waals surface area contributed by atoms with Crippen LogP contribution in [0.4, 0.5) is 0 Å². The minimum absolute atomic E-state index is 0.127. The highest BCUT2D eigenvalue weighted by atomic mass is 16.5. The number of fused-ring (bicyclic) bond motifs is 1. The highest BCUT2D eigenvalue weighted by Crippen LogP contribution is 2.35. The molecule has 0 aromatic heterocycles. The molecule has 2 aliphatic heterocycles. The Morgan fingerprint density at radius 2 is 2.09 bits per heavy atom. The van der Waals surface area contributed by atoms with Crippen LogP contribution in [0.3, 0.4) is 0 Å². The van der Waals surface area contributed by atoms with Crippen LogP contribution in [-0.4, -0.2) is 41.6 Å². The molecule has 1 aromatic carbocycles.